The van der Waals surface area contributed by atoms with Crippen LogP contribution in [-0.2, 0) is 12.8 Å². The fraction of sp³-hybridized carbons (Fsp3) is 0.294. The molecule has 26 heavy (non-hydrogen) atoms. The van der Waals surface area contributed by atoms with E-state index in [0.29, 0.717) is 10.8 Å². The van der Waals surface area contributed by atoms with Crippen molar-refractivity contribution in [1.82, 2.24) is 10.9 Å². The van der Waals surface area contributed by atoms with E-state index >= 15 is 0 Å². The predicted molar refractivity (Wildman–Crippen MR) is 97.9 cm³/mol. The minimum Gasteiger partial charge on any atom is -0.393 e. The Bertz CT molecular complexity index is 893. The molecule has 4 N–H and O–H groups in total. The van der Waals surface area contributed by atoms with Crippen molar-refractivity contribution in [2.24, 2.45) is 5.92 Å². The van der Waals surface area contributed by atoms with Crippen molar-refractivity contribution in [3.8, 4) is 0 Å². The summed E-state index contributed by atoms with van der Waals surface area (Å²) < 4.78 is 0. The van der Waals surface area contributed by atoms with Crippen LogP contribution in [0.2, 0.25) is 0 Å². The fourth-order valence-corrected chi connectivity index (χ4v) is 4.01. The normalized spacial score (nSPS) is 15.8. The first-order valence-electron chi connectivity index (χ1n) is 8.11. The second-order valence-electron chi connectivity index (χ2n) is 6.35. The first kappa shape index (κ1) is 17.9. The standard InChI is InChI=1S/C17H18N4O4S/c1-9-2-5-14-11(6-9)8-15(26-14)17(23)20-19-16(22)10-3-4-12(18)13(7-10)21(24)25/h3-4,7-9H,2,5-6,18H2,1H3,(H,19,22)(H,20,23). The van der Waals surface area contributed by atoms with Crippen LogP contribution >= 0.6 is 11.3 Å². The number of nitrogens with zero attached hydrogens (tertiary/aromatic N) is 1. The van der Waals surface area contributed by atoms with Crippen LogP contribution in [0.4, 0.5) is 11.4 Å². The van der Waals surface area contributed by atoms with E-state index in [2.05, 4.69) is 17.8 Å². The number of carbonyl (C=O) groups excluding carboxylic acids is 2. The van der Waals surface area contributed by atoms with Crippen LogP contribution in [0.1, 0.15) is 43.8 Å². The number of aryl methyl sites for hydroxylation is 1. The van der Waals surface area contributed by atoms with Crippen LogP contribution in [0.25, 0.3) is 0 Å². The molecule has 0 spiro atoms. The Morgan fingerprint density at radius 2 is 2.00 bits per heavy atom. The van der Waals surface area contributed by atoms with Gasteiger partial charge in [-0.2, -0.15) is 0 Å². The molecule has 1 atom stereocenters. The highest BCUT2D eigenvalue weighted by Crippen LogP contribution is 2.32. The molecule has 1 aromatic carbocycles. The maximum atomic E-state index is 12.3. The second-order valence-corrected chi connectivity index (χ2v) is 7.48. The van der Waals surface area contributed by atoms with Crippen LogP contribution in [0.5, 0.6) is 0 Å². The van der Waals surface area contributed by atoms with Gasteiger partial charge in [0.25, 0.3) is 17.5 Å². The summed E-state index contributed by atoms with van der Waals surface area (Å²) in [4.78, 5) is 36.4. The maximum absolute atomic E-state index is 12.3. The lowest BCUT2D eigenvalue weighted by molar-refractivity contribution is -0.383. The van der Waals surface area contributed by atoms with Crippen molar-refractivity contribution in [2.45, 2.75) is 26.2 Å². The zero-order chi connectivity index (χ0) is 18.8. The molecule has 1 aliphatic carbocycles. The van der Waals surface area contributed by atoms with Gasteiger partial charge in [-0.15, -0.1) is 11.3 Å². The first-order chi connectivity index (χ1) is 12.3. The number of nitrogen functional groups attached to an aromatic ring is 1. The van der Waals surface area contributed by atoms with Crippen LogP contribution in [0.15, 0.2) is 24.3 Å². The van der Waals surface area contributed by atoms with Gasteiger partial charge in [0.15, 0.2) is 0 Å². The average molecular weight is 374 g/mol. The lowest BCUT2D eigenvalue weighted by atomic mass is 9.90. The minimum atomic E-state index is -0.665. The number of nitro groups is 1. The van der Waals surface area contributed by atoms with E-state index in [0.717, 1.165) is 25.3 Å². The summed E-state index contributed by atoms with van der Waals surface area (Å²) in [5, 5.41) is 10.9. The molecule has 0 radical (unpaired) electrons. The highest BCUT2D eigenvalue weighted by atomic mass is 32.1. The third kappa shape index (κ3) is 3.67. The van der Waals surface area contributed by atoms with Gasteiger partial charge < -0.3 is 5.73 Å². The number of nitrogens with one attached hydrogen (secondary N) is 2. The number of hydrazine groups is 1. The molecular weight excluding hydrogens is 356 g/mol. The molecule has 1 heterocycles. The predicted octanol–water partition coefficient (Wildman–Crippen LogP) is 2.44. The Kier molecular flexibility index (Phi) is 4.90. The Morgan fingerprint density at radius 3 is 2.73 bits per heavy atom. The highest BCUT2D eigenvalue weighted by molar-refractivity contribution is 7.14. The Morgan fingerprint density at radius 1 is 1.27 bits per heavy atom. The number of carbonyl (C=O) groups is 2. The minimum absolute atomic E-state index is 0.0329. The Hall–Kier alpha value is -2.94. The molecule has 1 aliphatic rings. The number of anilines is 1. The molecule has 3 rings (SSSR count). The Labute approximate surface area is 153 Å². The summed E-state index contributed by atoms with van der Waals surface area (Å²) in [6, 6.07) is 5.58. The van der Waals surface area contributed by atoms with Crippen molar-refractivity contribution in [3.63, 3.8) is 0 Å². The number of fused-ring (bicyclic) bond motifs is 1. The third-order valence-electron chi connectivity index (χ3n) is 4.33. The number of nitro benzene ring substituents is 1. The second kappa shape index (κ2) is 7.12. The lowest BCUT2D eigenvalue weighted by Gasteiger charge is -2.16. The van der Waals surface area contributed by atoms with Crippen molar-refractivity contribution in [2.75, 3.05) is 5.73 Å². The van der Waals surface area contributed by atoms with E-state index in [1.54, 1.807) is 0 Å². The summed E-state index contributed by atoms with van der Waals surface area (Å²) in [6.07, 6.45) is 3.04. The van der Waals surface area contributed by atoms with E-state index in [1.165, 1.54) is 33.9 Å². The van der Waals surface area contributed by atoms with E-state index in [-0.39, 0.29) is 16.9 Å². The fourth-order valence-electron chi connectivity index (χ4n) is 2.91. The van der Waals surface area contributed by atoms with Gasteiger partial charge in [-0.25, -0.2) is 0 Å². The SMILES string of the molecule is CC1CCc2sc(C(=O)NNC(=O)c3ccc(N)c([N+](=O)[O-])c3)cc2C1. The maximum Gasteiger partial charge on any atom is 0.292 e. The first-order valence-corrected chi connectivity index (χ1v) is 8.93. The van der Waals surface area contributed by atoms with E-state index in [4.69, 9.17) is 5.73 Å². The van der Waals surface area contributed by atoms with Crippen LogP contribution in [0, 0.1) is 16.0 Å². The number of hydrogen-bond acceptors (Lipinski definition) is 6. The zero-order valence-electron chi connectivity index (χ0n) is 14.1. The van der Waals surface area contributed by atoms with Gasteiger partial charge in [0.1, 0.15) is 5.69 Å². The monoisotopic (exact) mass is 374 g/mol. The van der Waals surface area contributed by atoms with Gasteiger partial charge in [-0.3, -0.25) is 30.6 Å². The van der Waals surface area contributed by atoms with Crippen LogP contribution in [0.3, 0.4) is 0 Å². The largest absolute Gasteiger partial charge is 0.393 e. The molecule has 0 saturated carbocycles. The van der Waals surface area contributed by atoms with Crippen molar-refractivity contribution in [1.29, 1.82) is 0 Å². The molecule has 0 fully saturated rings. The summed E-state index contributed by atoms with van der Waals surface area (Å²) >= 11 is 1.43. The number of rotatable bonds is 3. The molecule has 136 valence electrons. The van der Waals surface area contributed by atoms with Gasteiger partial charge in [-0.05, 0) is 48.9 Å². The van der Waals surface area contributed by atoms with Crippen LogP contribution in [-0.4, -0.2) is 16.7 Å². The molecule has 2 amide bonds. The smallest absolute Gasteiger partial charge is 0.292 e. The van der Waals surface area contributed by atoms with Crippen molar-refractivity contribution < 1.29 is 14.5 Å². The van der Waals surface area contributed by atoms with E-state index in [1.807, 2.05) is 6.07 Å². The summed E-state index contributed by atoms with van der Waals surface area (Å²) in [6.45, 7) is 2.19. The van der Waals surface area contributed by atoms with Gasteiger partial charge in [0, 0.05) is 16.5 Å². The van der Waals surface area contributed by atoms with E-state index < -0.39 is 16.7 Å². The molecule has 0 saturated heterocycles. The molecule has 1 aromatic heterocycles. The molecule has 9 heteroatoms. The number of amides is 2. The molecule has 8 nitrogen and oxygen atoms in total. The quantitative estimate of drug-likeness (QED) is 0.432. The van der Waals surface area contributed by atoms with Gasteiger partial charge >= 0.3 is 0 Å². The number of thiophene rings is 1. The zero-order valence-corrected chi connectivity index (χ0v) is 14.9. The molecule has 0 bridgehead atoms. The van der Waals surface area contributed by atoms with Gasteiger partial charge in [0.2, 0.25) is 0 Å². The van der Waals surface area contributed by atoms with Crippen molar-refractivity contribution in [3.05, 3.63) is 55.3 Å². The summed E-state index contributed by atoms with van der Waals surface area (Å²) in [7, 11) is 0. The molecule has 2 aromatic rings. The van der Waals surface area contributed by atoms with Gasteiger partial charge in [-0.1, -0.05) is 6.92 Å². The highest BCUT2D eigenvalue weighted by Gasteiger charge is 2.21. The third-order valence-corrected chi connectivity index (χ3v) is 5.57. The number of nitrogens with two attached hydrogens (primary N) is 1. The summed E-state index contributed by atoms with van der Waals surface area (Å²) in [5.41, 5.74) is 11.0. The van der Waals surface area contributed by atoms with E-state index in [9.17, 15) is 19.7 Å². The van der Waals surface area contributed by atoms with Gasteiger partial charge in [0.05, 0.1) is 9.80 Å². The van der Waals surface area contributed by atoms with Crippen LogP contribution < -0.4 is 16.6 Å². The molecular formula is C17H18N4O4S. The summed E-state index contributed by atoms with van der Waals surface area (Å²) in [5.74, 6) is -0.458. The molecule has 0 aliphatic heterocycles. The molecule has 1 unspecified atom stereocenters. The average Bonchev–Trinajstić information content (AvgIpc) is 3.02. The Balaban J connectivity index is 1.65. The van der Waals surface area contributed by atoms with Crippen molar-refractivity contribution >= 4 is 34.5 Å². The topological polar surface area (TPSA) is 127 Å². The lowest BCUT2D eigenvalue weighted by Crippen LogP contribution is -2.41. The number of hydrogen-bond donors (Lipinski definition) is 3. The number of benzene rings is 1.